The van der Waals surface area contributed by atoms with Crippen molar-refractivity contribution in [1.29, 1.82) is 0 Å². The highest BCUT2D eigenvalue weighted by Crippen LogP contribution is 2.50. The van der Waals surface area contributed by atoms with Gasteiger partial charge < -0.3 is 8.98 Å². The van der Waals surface area contributed by atoms with Gasteiger partial charge in [-0.15, -0.1) is 0 Å². The van der Waals surface area contributed by atoms with Crippen LogP contribution in [0.2, 0.25) is 0 Å². The minimum Gasteiger partial charge on any atom is -0.456 e. The molecule has 1 aliphatic rings. The number of nitrogens with zero attached hydrogens (tertiary/aromatic N) is 4. The molecule has 12 aromatic rings. The summed E-state index contributed by atoms with van der Waals surface area (Å²) in [5, 5.41) is 9.24. The third-order valence-corrected chi connectivity index (χ3v) is 12.0. The van der Waals surface area contributed by atoms with Gasteiger partial charge in [-0.1, -0.05) is 152 Å². The lowest BCUT2D eigenvalue weighted by Gasteiger charge is -2.14. The summed E-state index contributed by atoms with van der Waals surface area (Å²) in [6.45, 7) is 0. The normalized spacial score (nSPS) is 12.1. The Hall–Kier alpha value is -7.89. The molecule has 0 atom stereocenters. The minimum absolute atomic E-state index is 0.589. The zero-order chi connectivity index (χ0) is 37.9. The van der Waals surface area contributed by atoms with Gasteiger partial charge in [0.15, 0.2) is 17.5 Å². The van der Waals surface area contributed by atoms with Crippen molar-refractivity contribution >= 4 is 65.3 Å². The second kappa shape index (κ2) is 11.8. The third kappa shape index (κ3) is 4.33. The van der Waals surface area contributed by atoms with E-state index in [1.807, 2.05) is 30.3 Å². The van der Waals surface area contributed by atoms with Crippen molar-refractivity contribution in [2.45, 2.75) is 0 Å². The van der Waals surface area contributed by atoms with Gasteiger partial charge in [-0.3, -0.25) is 0 Å². The molecule has 13 rings (SSSR count). The van der Waals surface area contributed by atoms with E-state index in [1.165, 1.54) is 43.8 Å². The maximum atomic E-state index is 6.75. The average molecular weight is 739 g/mol. The number of hydrogen-bond acceptors (Lipinski definition) is 4. The van der Waals surface area contributed by atoms with Crippen LogP contribution >= 0.6 is 0 Å². The maximum absolute atomic E-state index is 6.75. The van der Waals surface area contributed by atoms with Gasteiger partial charge in [-0.05, 0) is 74.1 Å². The summed E-state index contributed by atoms with van der Waals surface area (Å²) in [7, 11) is 0. The summed E-state index contributed by atoms with van der Waals surface area (Å²) in [6.07, 6.45) is 0. The molecule has 58 heavy (non-hydrogen) atoms. The van der Waals surface area contributed by atoms with Gasteiger partial charge in [0.1, 0.15) is 11.2 Å². The fourth-order valence-electron chi connectivity index (χ4n) is 9.56. The van der Waals surface area contributed by atoms with Crippen molar-refractivity contribution in [3.8, 4) is 62.1 Å². The molecule has 0 spiro atoms. The van der Waals surface area contributed by atoms with E-state index in [-0.39, 0.29) is 0 Å². The van der Waals surface area contributed by atoms with Gasteiger partial charge in [0, 0.05) is 32.8 Å². The van der Waals surface area contributed by atoms with Crippen LogP contribution in [0.5, 0.6) is 0 Å². The van der Waals surface area contributed by atoms with E-state index < -0.39 is 0 Å². The van der Waals surface area contributed by atoms with Crippen LogP contribution in [-0.2, 0) is 0 Å². The van der Waals surface area contributed by atoms with Crippen LogP contribution in [0.4, 0.5) is 0 Å². The van der Waals surface area contributed by atoms with Gasteiger partial charge >= 0.3 is 0 Å². The molecule has 0 bridgehead atoms. The predicted molar refractivity (Wildman–Crippen MR) is 237 cm³/mol. The molecule has 0 amide bonds. The Morgan fingerprint density at radius 2 is 0.897 bits per heavy atom. The van der Waals surface area contributed by atoms with E-state index in [0.717, 1.165) is 66.1 Å². The van der Waals surface area contributed by atoms with E-state index >= 15 is 0 Å². The fraction of sp³-hybridized carbons (Fsp3) is 0. The second-order valence-electron chi connectivity index (χ2n) is 15.1. The van der Waals surface area contributed by atoms with Crippen LogP contribution in [0.1, 0.15) is 0 Å². The lowest BCUT2D eigenvalue weighted by molar-refractivity contribution is 0.669. The Morgan fingerprint density at radius 3 is 1.74 bits per heavy atom. The SMILES string of the molecule is c1ccc(-c2nc(-c3cccc4ccccc34)nc(-c3cccc4oc5cccc(-n6c7cccc8c7c7c9c(cccc9ccc76)-c6ccccc6-8)c5c34)n2)cc1. The molecule has 0 unspecified atom stereocenters. The largest absolute Gasteiger partial charge is 0.456 e. The van der Waals surface area contributed by atoms with Crippen molar-refractivity contribution in [2.24, 2.45) is 0 Å². The standard InChI is InChI=1S/C53H30N4O/c1-2-14-33(15-3-1)51-54-52(39-23-8-16-31-13-4-5-18-34(31)39)56-53(55-51)40-24-11-27-44-48(40)49-42(26-12-28-45(49)58-44)57-41-25-10-22-38-36-20-7-6-19-35(36)37-21-9-17-32-29-30-43(57)50(46(32)37)47(38)41/h1-30H. The predicted octanol–water partition coefficient (Wildman–Crippen LogP) is 13.8. The molecule has 3 heterocycles. The van der Waals surface area contributed by atoms with Crippen molar-refractivity contribution in [3.63, 3.8) is 0 Å². The summed E-state index contributed by atoms with van der Waals surface area (Å²) in [5.41, 5.74) is 12.7. The lowest BCUT2D eigenvalue weighted by Crippen LogP contribution is -2.01. The maximum Gasteiger partial charge on any atom is 0.164 e. The molecule has 0 N–H and O–H groups in total. The van der Waals surface area contributed by atoms with E-state index in [2.05, 4.69) is 156 Å². The van der Waals surface area contributed by atoms with Gasteiger partial charge in [-0.2, -0.15) is 0 Å². The lowest BCUT2D eigenvalue weighted by atomic mass is 9.93. The number of benzene rings is 9. The molecule has 0 radical (unpaired) electrons. The Bertz CT molecular complexity index is 3690. The Kier molecular flexibility index (Phi) is 6.38. The highest BCUT2D eigenvalue weighted by molar-refractivity contribution is 6.31. The van der Waals surface area contributed by atoms with Gasteiger partial charge in [0.2, 0.25) is 0 Å². The molecule has 0 saturated heterocycles. The quantitative estimate of drug-likeness (QED) is 0.180. The second-order valence-corrected chi connectivity index (χ2v) is 15.1. The molecule has 5 heteroatoms. The summed E-state index contributed by atoms with van der Waals surface area (Å²) >= 11 is 0. The topological polar surface area (TPSA) is 56.7 Å². The van der Waals surface area contributed by atoms with Crippen molar-refractivity contribution in [2.75, 3.05) is 0 Å². The summed E-state index contributed by atoms with van der Waals surface area (Å²) in [6, 6.07) is 64.2. The Labute approximate surface area is 332 Å². The Morgan fingerprint density at radius 1 is 0.328 bits per heavy atom. The number of fused-ring (bicyclic) bond motifs is 7. The zero-order valence-corrected chi connectivity index (χ0v) is 31.0. The van der Waals surface area contributed by atoms with Crippen LogP contribution in [-0.4, -0.2) is 19.5 Å². The number of rotatable bonds is 4. The molecule has 0 aliphatic heterocycles. The zero-order valence-electron chi connectivity index (χ0n) is 31.0. The number of furan rings is 1. The highest BCUT2D eigenvalue weighted by atomic mass is 16.3. The first-order valence-corrected chi connectivity index (χ1v) is 19.6. The van der Waals surface area contributed by atoms with Crippen molar-refractivity contribution in [1.82, 2.24) is 19.5 Å². The minimum atomic E-state index is 0.589. The van der Waals surface area contributed by atoms with E-state index in [1.54, 1.807) is 0 Å². The van der Waals surface area contributed by atoms with Crippen LogP contribution in [0.25, 0.3) is 127 Å². The first kappa shape index (κ1) is 31.3. The van der Waals surface area contributed by atoms with E-state index in [9.17, 15) is 0 Å². The molecule has 1 aliphatic carbocycles. The van der Waals surface area contributed by atoms with Crippen molar-refractivity contribution < 1.29 is 4.42 Å². The first-order chi connectivity index (χ1) is 28.8. The number of aromatic nitrogens is 4. The van der Waals surface area contributed by atoms with E-state index in [4.69, 9.17) is 19.4 Å². The molecule has 0 saturated carbocycles. The summed E-state index contributed by atoms with van der Waals surface area (Å²) in [4.78, 5) is 15.6. The Balaban J connectivity index is 1.13. The summed E-state index contributed by atoms with van der Waals surface area (Å²) < 4.78 is 9.19. The van der Waals surface area contributed by atoms with Crippen LogP contribution in [0, 0.1) is 0 Å². The molecular formula is C53H30N4O. The molecule has 3 aromatic heterocycles. The monoisotopic (exact) mass is 738 g/mol. The average Bonchev–Trinajstić information content (AvgIpc) is 3.81. The van der Waals surface area contributed by atoms with E-state index in [0.29, 0.717) is 17.5 Å². The van der Waals surface area contributed by atoms with Crippen LogP contribution in [0.3, 0.4) is 0 Å². The van der Waals surface area contributed by atoms with Crippen molar-refractivity contribution in [3.05, 3.63) is 182 Å². The third-order valence-electron chi connectivity index (χ3n) is 12.0. The smallest absolute Gasteiger partial charge is 0.164 e. The van der Waals surface area contributed by atoms with Gasteiger partial charge in [-0.25, -0.2) is 15.0 Å². The summed E-state index contributed by atoms with van der Waals surface area (Å²) in [5.74, 6) is 1.83. The highest BCUT2D eigenvalue weighted by Gasteiger charge is 2.27. The first-order valence-electron chi connectivity index (χ1n) is 19.6. The molecule has 5 nitrogen and oxygen atoms in total. The fourth-order valence-corrected chi connectivity index (χ4v) is 9.56. The molecule has 9 aromatic carbocycles. The molecular weight excluding hydrogens is 709 g/mol. The molecule has 268 valence electrons. The van der Waals surface area contributed by atoms with Crippen LogP contribution in [0.15, 0.2) is 186 Å². The van der Waals surface area contributed by atoms with Gasteiger partial charge in [0.25, 0.3) is 0 Å². The molecule has 0 fully saturated rings. The number of hydrogen-bond donors (Lipinski definition) is 0. The van der Waals surface area contributed by atoms with Gasteiger partial charge in [0.05, 0.1) is 22.1 Å². The van der Waals surface area contributed by atoms with Crippen LogP contribution < -0.4 is 0 Å².